The normalized spacial score (nSPS) is 10.6. The second-order valence-corrected chi connectivity index (χ2v) is 6.52. The number of rotatable bonds is 8. The van der Waals surface area contributed by atoms with Crippen molar-refractivity contribution < 1.29 is 9.59 Å². The van der Waals surface area contributed by atoms with Gasteiger partial charge in [0.1, 0.15) is 0 Å². The van der Waals surface area contributed by atoms with Gasteiger partial charge in [-0.2, -0.15) is 5.10 Å². The summed E-state index contributed by atoms with van der Waals surface area (Å²) in [6, 6.07) is 6.76. The van der Waals surface area contributed by atoms with Gasteiger partial charge in [0.15, 0.2) is 0 Å². The van der Waals surface area contributed by atoms with Crippen molar-refractivity contribution in [1.29, 1.82) is 0 Å². The zero-order valence-corrected chi connectivity index (χ0v) is 16.2. The van der Waals surface area contributed by atoms with Crippen molar-refractivity contribution in [2.45, 2.75) is 46.6 Å². The lowest BCUT2D eigenvalue weighted by Gasteiger charge is -2.08. The van der Waals surface area contributed by atoms with E-state index in [1.54, 1.807) is 24.3 Å². The predicted octanol–water partition coefficient (Wildman–Crippen LogP) is 4.12. The lowest BCUT2D eigenvalue weighted by molar-refractivity contribution is -0.115. The summed E-state index contributed by atoms with van der Waals surface area (Å²) >= 11 is 5.54. The van der Waals surface area contributed by atoms with Crippen molar-refractivity contribution in [1.82, 2.24) is 9.78 Å². The van der Waals surface area contributed by atoms with Gasteiger partial charge in [-0.15, -0.1) is 11.6 Å². The first kappa shape index (κ1) is 20.0. The Morgan fingerprint density at radius 1 is 1.15 bits per heavy atom. The van der Waals surface area contributed by atoms with Crippen LogP contribution in [0.5, 0.6) is 0 Å². The monoisotopic (exact) mass is 376 g/mol. The third-order valence-corrected chi connectivity index (χ3v) is 4.28. The highest BCUT2D eigenvalue weighted by Gasteiger charge is 2.15. The first-order valence-electron chi connectivity index (χ1n) is 8.77. The minimum Gasteiger partial charge on any atom is -0.326 e. The number of carbonyl (C=O) groups is 2. The third kappa shape index (κ3) is 5.08. The molecule has 1 aromatic heterocycles. The number of aromatic nitrogens is 2. The van der Waals surface area contributed by atoms with Crippen LogP contribution < -0.4 is 10.6 Å². The Kier molecular flexibility index (Phi) is 7.21. The van der Waals surface area contributed by atoms with Crippen molar-refractivity contribution in [3.63, 3.8) is 0 Å². The molecule has 0 unspecified atom stereocenters. The molecule has 2 rings (SSSR count). The molecule has 26 heavy (non-hydrogen) atoms. The van der Waals surface area contributed by atoms with Gasteiger partial charge in [0.25, 0.3) is 5.91 Å². The minimum absolute atomic E-state index is 0.150. The molecule has 2 N–H and O–H groups in total. The quantitative estimate of drug-likeness (QED) is 0.680. The number of anilines is 2. The van der Waals surface area contributed by atoms with Crippen LogP contribution >= 0.6 is 11.6 Å². The fourth-order valence-corrected chi connectivity index (χ4v) is 2.78. The second-order valence-electron chi connectivity index (χ2n) is 6.14. The Hall–Kier alpha value is -2.34. The van der Waals surface area contributed by atoms with Crippen LogP contribution in [0.2, 0.25) is 0 Å². The molecule has 2 aromatic rings. The van der Waals surface area contributed by atoms with Gasteiger partial charge in [0.2, 0.25) is 5.91 Å². The summed E-state index contributed by atoms with van der Waals surface area (Å²) in [5.41, 5.74) is 3.66. The number of hydrogen-bond donors (Lipinski definition) is 2. The average Bonchev–Trinajstić information content (AvgIpc) is 2.88. The molecule has 0 fully saturated rings. The molecule has 0 radical (unpaired) electrons. The Labute approximate surface area is 158 Å². The van der Waals surface area contributed by atoms with Crippen molar-refractivity contribution in [2.75, 3.05) is 16.5 Å². The maximum atomic E-state index is 12.5. The summed E-state index contributed by atoms with van der Waals surface area (Å²) in [6.45, 7) is 6.83. The number of hydrogen-bond acceptors (Lipinski definition) is 3. The topological polar surface area (TPSA) is 76.0 Å². The highest BCUT2D eigenvalue weighted by atomic mass is 35.5. The van der Waals surface area contributed by atoms with E-state index < -0.39 is 0 Å². The van der Waals surface area contributed by atoms with Crippen LogP contribution in [0.15, 0.2) is 24.3 Å². The van der Waals surface area contributed by atoms with Crippen molar-refractivity contribution in [2.24, 2.45) is 0 Å². The van der Waals surface area contributed by atoms with Gasteiger partial charge in [-0.1, -0.05) is 13.3 Å². The van der Waals surface area contributed by atoms with Gasteiger partial charge >= 0.3 is 0 Å². The Balaban J connectivity index is 2.06. The molecule has 2 amide bonds. The van der Waals surface area contributed by atoms with E-state index in [2.05, 4.69) is 22.7 Å². The molecule has 0 aliphatic heterocycles. The molecule has 0 saturated heterocycles. The van der Waals surface area contributed by atoms with Crippen LogP contribution in [0, 0.1) is 13.8 Å². The first-order valence-corrected chi connectivity index (χ1v) is 9.31. The van der Waals surface area contributed by atoms with E-state index in [4.69, 9.17) is 11.6 Å². The zero-order chi connectivity index (χ0) is 19.1. The van der Waals surface area contributed by atoms with Crippen LogP contribution in [0.1, 0.15) is 47.9 Å². The summed E-state index contributed by atoms with van der Waals surface area (Å²) in [6.07, 6.45) is 2.39. The highest BCUT2D eigenvalue weighted by molar-refractivity contribution is 6.19. The number of amides is 2. The van der Waals surface area contributed by atoms with Gasteiger partial charge in [-0.05, 0) is 44.5 Å². The van der Waals surface area contributed by atoms with Crippen LogP contribution in [0.4, 0.5) is 11.4 Å². The average molecular weight is 377 g/mol. The van der Waals surface area contributed by atoms with Crippen molar-refractivity contribution in [3.8, 4) is 0 Å². The van der Waals surface area contributed by atoms with E-state index in [0.29, 0.717) is 11.3 Å². The molecule has 0 saturated carbocycles. The van der Waals surface area contributed by atoms with Crippen molar-refractivity contribution in [3.05, 3.63) is 41.2 Å². The van der Waals surface area contributed by atoms with Gasteiger partial charge in [-0.3, -0.25) is 14.3 Å². The number of unbranched alkanes of at least 4 members (excludes halogenated alkanes) is 1. The minimum atomic E-state index is -0.204. The summed E-state index contributed by atoms with van der Waals surface area (Å²) in [5, 5.41) is 10.2. The lowest BCUT2D eigenvalue weighted by atomic mass is 10.2. The van der Waals surface area contributed by atoms with E-state index in [1.165, 1.54) is 0 Å². The number of carbonyl (C=O) groups excluding carboxylic acids is 2. The summed E-state index contributed by atoms with van der Waals surface area (Å²) in [7, 11) is 0. The number of nitrogens with one attached hydrogen (secondary N) is 2. The number of alkyl halides is 1. The van der Waals surface area contributed by atoms with Crippen molar-refractivity contribution >= 4 is 34.8 Å². The van der Waals surface area contributed by atoms with Crippen LogP contribution in [-0.4, -0.2) is 27.5 Å². The maximum absolute atomic E-state index is 12.5. The van der Waals surface area contributed by atoms with Gasteiger partial charge in [-0.25, -0.2) is 0 Å². The summed E-state index contributed by atoms with van der Waals surface area (Å²) < 4.78 is 1.93. The highest BCUT2D eigenvalue weighted by Crippen LogP contribution is 2.21. The smallest absolute Gasteiger partial charge is 0.255 e. The van der Waals surface area contributed by atoms with Crippen LogP contribution in [-0.2, 0) is 11.3 Å². The fraction of sp³-hybridized carbons (Fsp3) is 0.421. The molecule has 0 atom stereocenters. The maximum Gasteiger partial charge on any atom is 0.255 e. The van der Waals surface area contributed by atoms with E-state index in [0.717, 1.165) is 36.5 Å². The largest absolute Gasteiger partial charge is 0.326 e. The SMILES string of the molecule is CCCCn1nc(C)c(NC(=O)c2ccc(NC(=O)CCCl)cc2)c1C. The van der Waals surface area contributed by atoms with Gasteiger partial charge in [0.05, 0.1) is 17.1 Å². The molecule has 6 nitrogen and oxygen atoms in total. The summed E-state index contributed by atoms with van der Waals surface area (Å²) in [4.78, 5) is 24.1. The van der Waals surface area contributed by atoms with E-state index in [-0.39, 0.29) is 24.1 Å². The molecule has 1 aromatic carbocycles. The molecular weight excluding hydrogens is 352 g/mol. The molecule has 0 bridgehead atoms. The lowest BCUT2D eigenvalue weighted by Crippen LogP contribution is -2.14. The molecule has 0 spiro atoms. The van der Waals surface area contributed by atoms with Crippen LogP contribution in [0.3, 0.4) is 0 Å². The third-order valence-electron chi connectivity index (χ3n) is 4.10. The standard InChI is InChI=1S/C19H25ClN4O2/c1-4-5-12-24-14(3)18(13(2)23-24)22-19(26)15-6-8-16(9-7-15)21-17(25)10-11-20/h6-9H,4-5,10-12H2,1-3H3,(H,21,25)(H,22,26). The molecular formula is C19H25ClN4O2. The molecule has 1 heterocycles. The Bertz CT molecular complexity index is 769. The molecule has 140 valence electrons. The van der Waals surface area contributed by atoms with E-state index >= 15 is 0 Å². The first-order chi connectivity index (χ1) is 12.5. The van der Waals surface area contributed by atoms with E-state index in [9.17, 15) is 9.59 Å². The fourth-order valence-electron chi connectivity index (χ4n) is 2.60. The summed E-state index contributed by atoms with van der Waals surface area (Å²) in [5.74, 6) is -0.0791. The Morgan fingerprint density at radius 2 is 1.85 bits per heavy atom. The number of nitrogens with zero attached hydrogens (tertiary/aromatic N) is 2. The van der Waals surface area contributed by atoms with Gasteiger partial charge in [0, 0.05) is 30.1 Å². The van der Waals surface area contributed by atoms with E-state index in [1.807, 2.05) is 18.5 Å². The number of halogens is 1. The van der Waals surface area contributed by atoms with Gasteiger partial charge < -0.3 is 10.6 Å². The number of benzene rings is 1. The van der Waals surface area contributed by atoms with Crippen LogP contribution in [0.25, 0.3) is 0 Å². The predicted molar refractivity (Wildman–Crippen MR) is 105 cm³/mol. The number of aryl methyl sites for hydroxylation is 2. The molecule has 0 aliphatic carbocycles. The molecule has 7 heteroatoms. The Morgan fingerprint density at radius 3 is 2.46 bits per heavy atom. The second kappa shape index (κ2) is 9.38. The zero-order valence-electron chi connectivity index (χ0n) is 15.4. The molecule has 0 aliphatic rings.